The van der Waals surface area contributed by atoms with Crippen LogP contribution in [-0.4, -0.2) is 47.9 Å². The lowest BCUT2D eigenvalue weighted by Gasteiger charge is -2.10. The molecule has 0 rings (SSSR count). The Morgan fingerprint density at radius 3 is 2.47 bits per heavy atom. The average molecular weight is 218 g/mol. The molecule has 0 fully saturated rings. The zero-order valence-corrected chi connectivity index (χ0v) is 8.43. The molecule has 86 valence electrons. The summed E-state index contributed by atoms with van der Waals surface area (Å²) in [4.78, 5) is 21.5. The molecule has 0 saturated heterocycles. The molecule has 0 aliphatic rings. The minimum Gasteiger partial charge on any atom is -0.484 e. The van der Waals surface area contributed by atoms with Crippen molar-refractivity contribution < 1.29 is 29.3 Å². The molecule has 2 N–H and O–H groups in total. The van der Waals surface area contributed by atoms with Crippen LogP contribution in [0.25, 0.3) is 0 Å². The minimum absolute atomic E-state index is 0.259. The largest absolute Gasteiger partial charge is 0.484 e. The number of esters is 1. The standard InChI is InChI=1S/C9H14O6/c1-6(11)4-15-9(13)7(2)14-5-8(12)3-10/h8,10,12H,2-5H2,1H3. The number of rotatable bonds is 7. The monoisotopic (exact) mass is 218 g/mol. The Hall–Kier alpha value is -1.40. The Bertz CT molecular complexity index is 247. The molecular formula is C9H14O6. The smallest absolute Gasteiger partial charge is 0.373 e. The summed E-state index contributed by atoms with van der Waals surface area (Å²) < 4.78 is 9.17. The molecule has 1 unspecified atom stereocenters. The molecule has 0 aromatic rings. The van der Waals surface area contributed by atoms with Crippen LogP contribution >= 0.6 is 0 Å². The van der Waals surface area contributed by atoms with Gasteiger partial charge >= 0.3 is 5.97 Å². The predicted molar refractivity (Wildman–Crippen MR) is 49.8 cm³/mol. The van der Waals surface area contributed by atoms with Gasteiger partial charge in [-0.2, -0.15) is 0 Å². The molecule has 0 amide bonds. The van der Waals surface area contributed by atoms with E-state index in [0.717, 1.165) is 0 Å². The molecule has 0 heterocycles. The average Bonchev–Trinajstić information content (AvgIpc) is 2.21. The molecule has 6 heteroatoms. The highest BCUT2D eigenvalue weighted by Gasteiger charge is 2.12. The van der Waals surface area contributed by atoms with Crippen LogP contribution in [-0.2, 0) is 19.1 Å². The van der Waals surface area contributed by atoms with Crippen LogP contribution in [0, 0.1) is 0 Å². The van der Waals surface area contributed by atoms with Gasteiger partial charge in [0.25, 0.3) is 0 Å². The Kier molecular flexibility index (Phi) is 6.32. The van der Waals surface area contributed by atoms with Gasteiger partial charge in [-0.15, -0.1) is 0 Å². The second-order valence-corrected chi connectivity index (χ2v) is 2.85. The van der Waals surface area contributed by atoms with E-state index in [1.54, 1.807) is 0 Å². The van der Waals surface area contributed by atoms with Crippen LogP contribution in [0.4, 0.5) is 0 Å². The topological polar surface area (TPSA) is 93.1 Å². The van der Waals surface area contributed by atoms with Crippen LogP contribution in [0.15, 0.2) is 12.3 Å². The molecule has 0 aromatic carbocycles. The first-order valence-electron chi connectivity index (χ1n) is 4.24. The summed E-state index contributed by atoms with van der Waals surface area (Å²) in [5.74, 6) is -1.48. The number of hydrogen-bond donors (Lipinski definition) is 2. The van der Waals surface area contributed by atoms with Crippen molar-refractivity contribution in [2.24, 2.45) is 0 Å². The van der Waals surface area contributed by atoms with Crippen molar-refractivity contribution in [1.29, 1.82) is 0 Å². The van der Waals surface area contributed by atoms with Gasteiger partial charge in [0, 0.05) is 0 Å². The number of aliphatic hydroxyl groups excluding tert-OH is 2. The minimum atomic E-state index is -1.08. The van der Waals surface area contributed by atoms with Crippen LogP contribution in [0.1, 0.15) is 6.92 Å². The SMILES string of the molecule is C=C(OCC(O)CO)C(=O)OCC(C)=O. The van der Waals surface area contributed by atoms with Gasteiger partial charge in [0.2, 0.25) is 0 Å². The third-order valence-corrected chi connectivity index (χ3v) is 1.29. The maximum Gasteiger partial charge on any atom is 0.373 e. The van der Waals surface area contributed by atoms with E-state index < -0.39 is 18.7 Å². The summed E-state index contributed by atoms with van der Waals surface area (Å²) in [6.45, 7) is 3.43. The van der Waals surface area contributed by atoms with Crippen LogP contribution in [0.5, 0.6) is 0 Å². The molecular weight excluding hydrogens is 204 g/mol. The second kappa shape index (κ2) is 6.97. The van der Waals surface area contributed by atoms with Crippen molar-refractivity contribution >= 4 is 11.8 Å². The summed E-state index contributed by atoms with van der Waals surface area (Å²) in [7, 11) is 0. The Labute approximate surface area is 87.1 Å². The molecule has 0 aliphatic carbocycles. The maximum absolute atomic E-state index is 11.0. The van der Waals surface area contributed by atoms with E-state index >= 15 is 0 Å². The number of hydrogen-bond acceptors (Lipinski definition) is 6. The number of ether oxygens (including phenoxy) is 2. The van der Waals surface area contributed by atoms with Crippen molar-refractivity contribution in [3.8, 4) is 0 Å². The van der Waals surface area contributed by atoms with Crippen molar-refractivity contribution in [2.75, 3.05) is 19.8 Å². The van der Waals surface area contributed by atoms with Crippen LogP contribution in [0.2, 0.25) is 0 Å². The van der Waals surface area contributed by atoms with Crippen LogP contribution in [0.3, 0.4) is 0 Å². The normalized spacial score (nSPS) is 11.7. The van der Waals surface area contributed by atoms with Gasteiger partial charge in [0.1, 0.15) is 19.3 Å². The van der Waals surface area contributed by atoms with E-state index in [9.17, 15) is 9.59 Å². The van der Waals surface area contributed by atoms with Gasteiger partial charge in [-0.3, -0.25) is 4.79 Å². The first-order chi connectivity index (χ1) is 6.97. The summed E-state index contributed by atoms with van der Waals surface area (Å²) in [6.07, 6.45) is -1.08. The molecule has 0 saturated carbocycles. The third kappa shape index (κ3) is 6.64. The Morgan fingerprint density at radius 2 is 2.00 bits per heavy atom. The molecule has 0 bridgehead atoms. The number of carbonyl (C=O) groups excluding carboxylic acids is 2. The number of carbonyl (C=O) groups is 2. The van der Waals surface area contributed by atoms with E-state index in [2.05, 4.69) is 11.3 Å². The van der Waals surface area contributed by atoms with Crippen LogP contribution < -0.4 is 0 Å². The summed E-state index contributed by atoms with van der Waals surface area (Å²) in [6, 6.07) is 0. The van der Waals surface area contributed by atoms with Crippen molar-refractivity contribution in [3.05, 3.63) is 12.3 Å². The Morgan fingerprint density at radius 1 is 1.40 bits per heavy atom. The number of ketones is 1. The predicted octanol–water partition coefficient (Wildman–Crippen LogP) is -0.998. The first-order valence-corrected chi connectivity index (χ1v) is 4.24. The van der Waals surface area contributed by atoms with Gasteiger partial charge in [-0.25, -0.2) is 4.79 Å². The molecule has 0 aliphatic heterocycles. The first kappa shape index (κ1) is 13.6. The van der Waals surface area contributed by atoms with E-state index in [1.807, 2.05) is 0 Å². The third-order valence-electron chi connectivity index (χ3n) is 1.29. The van der Waals surface area contributed by atoms with Gasteiger partial charge in [-0.05, 0) is 13.5 Å². The molecule has 6 nitrogen and oxygen atoms in total. The van der Waals surface area contributed by atoms with E-state index in [-0.39, 0.29) is 24.8 Å². The molecule has 15 heavy (non-hydrogen) atoms. The lowest BCUT2D eigenvalue weighted by molar-refractivity contribution is -0.147. The zero-order valence-electron chi connectivity index (χ0n) is 8.43. The molecule has 0 radical (unpaired) electrons. The van der Waals surface area contributed by atoms with E-state index in [1.165, 1.54) is 6.92 Å². The highest BCUT2D eigenvalue weighted by Crippen LogP contribution is 1.98. The zero-order chi connectivity index (χ0) is 11.8. The molecule has 0 spiro atoms. The van der Waals surface area contributed by atoms with Crippen molar-refractivity contribution in [3.63, 3.8) is 0 Å². The van der Waals surface area contributed by atoms with E-state index in [4.69, 9.17) is 14.9 Å². The summed E-state index contributed by atoms with van der Waals surface area (Å²) >= 11 is 0. The highest BCUT2D eigenvalue weighted by atomic mass is 16.6. The quantitative estimate of drug-likeness (QED) is 0.323. The number of aliphatic hydroxyl groups is 2. The van der Waals surface area contributed by atoms with E-state index in [0.29, 0.717) is 0 Å². The van der Waals surface area contributed by atoms with Gasteiger partial charge in [-0.1, -0.05) is 0 Å². The summed E-state index contributed by atoms with van der Waals surface area (Å²) in [5.41, 5.74) is 0. The second-order valence-electron chi connectivity index (χ2n) is 2.85. The fourth-order valence-electron chi connectivity index (χ4n) is 0.556. The Balaban J connectivity index is 3.79. The summed E-state index contributed by atoms with van der Waals surface area (Å²) in [5, 5.41) is 17.3. The van der Waals surface area contributed by atoms with Gasteiger partial charge in [0.05, 0.1) is 6.61 Å². The molecule has 0 aromatic heterocycles. The van der Waals surface area contributed by atoms with Crippen molar-refractivity contribution in [1.82, 2.24) is 0 Å². The van der Waals surface area contributed by atoms with Gasteiger partial charge in [0.15, 0.2) is 11.5 Å². The van der Waals surface area contributed by atoms with Crippen molar-refractivity contribution in [2.45, 2.75) is 13.0 Å². The fraction of sp³-hybridized carbons (Fsp3) is 0.556. The maximum atomic E-state index is 11.0. The van der Waals surface area contributed by atoms with Gasteiger partial charge < -0.3 is 19.7 Å². The highest BCUT2D eigenvalue weighted by molar-refractivity contribution is 5.88. The lowest BCUT2D eigenvalue weighted by Crippen LogP contribution is -2.22. The molecule has 1 atom stereocenters. The lowest BCUT2D eigenvalue weighted by atomic mass is 10.4. The fourth-order valence-corrected chi connectivity index (χ4v) is 0.556. The number of Topliss-reactive ketones (excluding diaryl/α,β-unsaturated/α-hetero) is 1.